The van der Waals surface area contributed by atoms with Gasteiger partial charge in [-0.3, -0.25) is 4.79 Å². The number of amides is 1. The van der Waals surface area contributed by atoms with E-state index in [0.29, 0.717) is 19.6 Å². The molecule has 0 aromatic heterocycles. The standard InChI is InChI=1S/C13H18N2O2/c1-9(7-14)6-13(16)15-11-8-17-12-5-3-2-4-10(11)12/h2-5,9,11H,6-8,14H2,1H3,(H,15,16). The average molecular weight is 234 g/mol. The molecule has 1 aliphatic heterocycles. The van der Waals surface area contributed by atoms with Gasteiger partial charge in [-0.05, 0) is 18.5 Å². The molecule has 2 atom stereocenters. The van der Waals surface area contributed by atoms with Crippen LogP contribution in [0.5, 0.6) is 5.75 Å². The molecule has 1 amide bonds. The smallest absolute Gasteiger partial charge is 0.220 e. The van der Waals surface area contributed by atoms with E-state index < -0.39 is 0 Å². The van der Waals surface area contributed by atoms with Crippen molar-refractivity contribution in [3.8, 4) is 5.75 Å². The SMILES string of the molecule is CC(CN)CC(=O)NC1COc2ccccc21. The fourth-order valence-electron chi connectivity index (χ4n) is 1.94. The number of nitrogens with two attached hydrogens (primary N) is 1. The van der Waals surface area contributed by atoms with Crippen LogP contribution in [-0.2, 0) is 4.79 Å². The number of nitrogens with one attached hydrogen (secondary N) is 1. The van der Waals surface area contributed by atoms with Gasteiger partial charge in [0.1, 0.15) is 12.4 Å². The van der Waals surface area contributed by atoms with E-state index in [1.165, 1.54) is 0 Å². The highest BCUT2D eigenvalue weighted by Crippen LogP contribution is 2.31. The van der Waals surface area contributed by atoms with Crippen LogP contribution in [0.3, 0.4) is 0 Å². The van der Waals surface area contributed by atoms with Crippen LogP contribution in [0.4, 0.5) is 0 Å². The molecule has 0 fully saturated rings. The number of rotatable bonds is 4. The molecule has 4 nitrogen and oxygen atoms in total. The van der Waals surface area contributed by atoms with Gasteiger partial charge >= 0.3 is 0 Å². The largest absolute Gasteiger partial charge is 0.491 e. The van der Waals surface area contributed by atoms with Crippen molar-refractivity contribution in [3.63, 3.8) is 0 Å². The molecule has 3 N–H and O–H groups in total. The van der Waals surface area contributed by atoms with Gasteiger partial charge in [0.25, 0.3) is 0 Å². The highest BCUT2D eigenvalue weighted by atomic mass is 16.5. The third-order valence-electron chi connectivity index (χ3n) is 2.97. The van der Waals surface area contributed by atoms with Crippen LogP contribution in [0.1, 0.15) is 24.9 Å². The number of fused-ring (bicyclic) bond motifs is 1. The first-order valence-corrected chi connectivity index (χ1v) is 5.92. The van der Waals surface area contributed by atoms with Crippen molar-refractivity contribution in [1.82, 2.24) is 5.32 Å². The highest BCUT2D eigenvalue weighted by Gasteiger charge is 2.25. The van der Waals surface area contributed by atoms with E-state index >= 15 is 0 Å². The summed E-state index contributed by atoms with van der Waals surface area (Å²) in [5, 5.41) is 2.98. The topological polar surface area (TPSA) is 64.4 Å². The van der Waals surface area contributed by atoms with E-state index in [1.807, 2.05) is 31.2 Å². The number of hydrogen-bond donors (Lipinski definition) is 2. The summed E-state index contributed by atoms with van der Waals surface area (Å²) in [6, 6.07) is 7.77. The van der Waals surface area contributed by atoms with Crippen LogP contribution >= 0.6 is 0 Å². The molecule has 0 radical (unpaired) electrons. The lowest BCUT2D eigenvalue weighted by molar-refractivity contribution is -0.122. The summed E-state index contributed by atoms with van der Waals surface area (Å²) in [5.41, 5.74) is 6.56. The summed E-state index contributed by atoms with van der Waals surface area (Å²) in [5.74, 6) is 1.12. The Hall–Kier alpha value is -1.55. The molecule has 0 aliphatic carbocycles. The normalized spacial score (nSPS) is 19.3. The molecule has 0 bridgehead atoms. The van der Waals surface area contributed by atoms with Crippen LogP contribution in [0.2, 0.25) is 0 Å². The Balaban J connectivity index is 1.95. The van der Waals surface area contributed by atoms with Crippen LogP contribution in [-0.4, -0.2) is 19.1 Å². The van der Waals surface area contributed by atoms with Crippen molar-refractivity contribution in [1.29, 1.82) is 0 Å². The minimum atomic E-state index is -0.0244. The van der Waals surface area contributed by atoms with E-state index in [9.17, 15) is 4.79 Å². The molecule has 92 valence electrons. The molecule has 1 aromatic rings. The second-order valence-electron chi connectivity index (χ2n) is 4.51. The van der Waals surface area contributed by atoms with E-state index in [-0.39, 0.29) is 17.9 Å². The van der Waals surface area contributed by atoms with Crippen molar-refractivity contribution >= 4 is 5.91 Å². The summed E-state index contributed by atoms with van der Waals surface area (Å²) < 4.78 is 5.50. The second kappa shape index (κ2) is 5.19. The zero-order valence-electron chi connectivity index (χ0n) is 9.98. The average Bonchev–Trinajstić information content (AvgIpc) is 2.72. The molecule has 0 saturated carbocycles. The summed E-state index contributed by atoms with van der Waals surface area (Å²) in [4.78, 5) is 11.8. The molecule has 2 rings (SSSR count). The molecular weight excluding hydrogens is 216 g/mol. The Morgan fingerprint density at radius 3 is 3.12 bits per heavy atom. The fraction of sp³-hybridized carbons (Fsp3) is 0.462. The van der Waals surface area contributed by atoms with E-state index in [4.69, 9.17) is 10.5 Å². The van der Waals surface area contributed by atoms with Gasteiger partial charge < -0.3 is 15.8 Å². The number of benzene rings is 1. The Labute approximate surface area is 101 Å². The van der Waals surface area contributed by atoms with Gasteiger partial charge in [-0.15, -0.1) is 0 Å². The zero-order chi connectivity index (χ0) is 12.3. The maximum atomic E-state index is 11.8. The van der Waals surface area contributed by atoms with Crippen molar-refractivity contribution < 1.29 is 9.53 Å². The number of para-hydroxylation sites is 1. The first kappa shape index (κ1) is 11.9. The maximum Gasteiger partial charge on any atom is 0.220 e. The molecular formula is C13H18N2O2. The minimum absolute atomic E-state index is 0.0244. The molecule has 0 spiro atoms. The van der Waals surface area contributed by atoms with Gasteiger partial charge in [-0.2, -0.15) is 0 Å². The lowest BCUT2D eigenvalue weighted by Gasteiger charge is -2.13. The minimum Gasteiger partial charge on any atom is -0.491 e. The number of ether oxygens (including phenoxy) is 1. The van der Waals surface area contributed by atoms with Crippen LogP contribution in [0.25, 0.3) is 0 Å². The Morgan fingerprint density at radius 2 is 2.35 bits per heavy atom. The van der Waals surface area contributed by atoms with Crippen LogP contribution < -0.4 is 15.8 Å². The van der Waals surface area contributed by atoms with Crippen molar-refractivity contribution in [2.24, 2.45) is 11.7 Å². The second-order valence-corrected chi connectivity index (χ2v) is 4.51. The Bertz CT molecular complexity index is 406. The quantitative estimate of drug-likeness (QED) is 0.823. The summed E-state index contributed by atoms with van der Waals surface area (Å²) in [6.45, 7) is 3.02. The number of hydrogen-bond acceptors (Lipinski definition) is 3. The van der Waals surface area contributed by atoms with Crippen LogP contribution in [0, 0.1) is 5.92 Å². The predicted octanol–water partition coefficient (Wildman–Crippen LogP) is 1.22. The van der Waals surface area contributed by atoms with Crippen LogP contribution in [0.15, 0.2) is 24.3 Å². The molecule has 17 heavy (non-hydrogen) atoms. The number of carbonyl (C=O) groups excluding carboxylic acids is 1. The van der Waals surface area contributed by atoms with E-state index in [2.05, 4.69) is 5.32 Å². The van der Waals surface area contributed by atoms with Crippen molar-refractivity contribution in [2.45, 2.75) is 19.4 Å². The van der Waals surface area contributed by atoms with Gasteiger partial charge in [-0.25, -0.2) is 0 Å². The fourth-order valence-corrected chi connectivity index (χ4v) is 1.94. The zero-order valence-corrected chi connectivity index (χ0v) is 9.98. The highest BCUT2D eigenvalue weighted by molar-refractivity contribution is 5.77. The van der Waals surface area contributed by atoms with Crippen molar-refractivity contribution in [2.75, 3.05) is 13.2 Å². The van der Waals surface area contributed by atoms with E-state index in [1.54, 1.807) is 0 Å². The van der Waals surface area contributed by atoms with Gasteiger partial charge in [0.15, 0.2) is 0 Å². The lowest BCUT2D eigenvalue weighted by Crippen LogP contribution is -2.31. The van der Waals surface area contributed by atoms with Gasteiger partial charge in [0.05, 0.1) is 6.04 Å². The molecule has 4 heteroatoms. The molecule has 2 unspecified atom stereocenters. The molecule has 1 aromatic carbocycles. The van der Waals surface area contributed by atoms with Gasteiger partial charge in [0.2, 0.25) is 5.91 Å². The number of carbonyl (C=O) groups is 1. The third-order valence-corrected chi connectivity index (χ3v) is 2.97. The first-order valence-electron chi connectivity index (χ1n) is 5.92. The Kier molecular flexibility index (Phi) is 3.64. The van der Waals surface area contributed by atoms with E-state index in [0.717, 1.165) is 11.3 Å². The first-order chi connectivity index (χ1) is 8.20. The molecule has 0 saturated heterocycles. The monoisotopic (exact) mass is 234 g/mol. The van der Waals surface area contributed by atoms with Gasteiger partial charge in [-0.1, -0.05) is 25.1 Å². The van der Waals surface area contributed by atoms with Gasteiger partial charge in [0, 0.05) is 12.0 Å². The predicted molar refractivity (Wildman–Crippen MR) is 65.7 cm³/mol. The summed E-state index contributed by atoms with van der Waals surface area (Å²) in [7, 11) is 0. The third kappa shape index (κ3) is 2.77. The lowest BCUT2D eigenvalue weighted by atomic mass is 10.1. The maximum absolute atomic E-state index is 11.8. The summed E-state index contributed by atoms with van der Waals surface area (Å²) in [6.07, 6.45) is 0.467. The van der Waals surface area contributed by atoms with Crippen molar-refractivity contribution in [3.05, 3.63) is 29.8 Å². The molecule has 1 heterocycles. The summed E-state index contributed by atoms with van der Waals surface area (Å²) >= 11 is 0. The Morgan fingerprint density at radius 1 is 1.59 bits per heavy atom. The molecule has 1 aliphatic rings.